The molecule has 7 nitrogen and oxygen atoms in total. The minimum atomic E-state index is -0.386. The molecule has 1 aliphatic heterocycles. The van der Waals surface area contributed by atoms with E-state index in [0.717, 1.165) is 38.4 Å². The maximum absolute atomic E-state index is 11.7. The van der Waals surface area contributed by atoms with Gasteiger partial charge in [-0.25, -0.2) is 4.79 Å². The number of esters is 1. The van der Waals surface area contributed by atoms with Crippen LogP contribution in [0.2, 0.25) is 0 Å². The Morgan fingerprint density at radius 2 is 1.96 bits per heavy atom. The summed E-state index contributed by atoms with van der Waals surface area (Å²) in [5, 5.41) is 8.64. The van der Waals surface area contributed by atoms with Crippen LogP contribution in [-0.4, -0.2) is 44.1 Å². The van der Waals surface area contributed by atoms with Gasteiger partial charge in [-0.05, 0) is 23.3 Å². The zero-order valence-corrected chi connectivity index (χ0v) is 14.7. The highest BCUT2D eigenvalue weighted by Crippen LogP contribution is 2.19. The molecule has 0 fully saturated rings. The van der Waals surface area contributed by atoms with Gasteiger partial charge in [0.25, 0.3) is 0 Å². The van der Waals surface area contributed by atoms with Crippen molar-refractivity contribution in [2.75, 3.05) is 13.7 Å². The molecule has 0 aliphatic carbocycles. The molecule has 1 aromatic carbocycles. The molecule has 0 saturated heterocycles. The summed E-state index contributed by atoms with van der Waals surface area (Å²) in [6, 6.07) is 12.2. The smallest absolute Gasteiger partial charge is 0.358 e. The first kappa shape index (κ1) is 16.5. The van der Waals surface area contributed by atoms with Crippen molar-refractivity contribution in [2.45, 2.75) is 26.2 Å². The van der Waals surface area contributed by atoms with Crippen LogP contribution in [0.15, 0.2) is 48.8 Å². The van der Waals surface area contributed by atoms with Crippen molar-refractivity contribution in [1.29, 1.82) is 0 Å². The quantitative estimate of drug-likeness (QED) is 0.657. The molecule has 0 atom stereocenters. The van der Waals surface area contributed by atoms with E-state index in [1.807, 2.05) is 27.7 Å². The minimum Gasteiger partial charge on any atom is -0.464 e. The van der Waals surface area contributed by atoms with Gasteiger partial charge in [0.1, 0.15) is 0 Å². The molecule has 7 heteroatoms. The number of aromatic nitrogens is 4. The highest BCUT2D eigenvalue weighted by molar-refractivity contribution is 5.87. The molecule has 0 bridgehead atoms. The summed E-state index contributed by atoms with van der Waals surface area (Å²) in [4.78, 5) is 14.1. The highest BCUT2D eigenvalue weighted by atomic mass is 16.5. The molecule has 0 spiro atoms. The molecule has 0 N–H and O–H groups in total. The van der Waals surface area contributed by atoms with Crippen molar-refractivity contribution in [3.8, 4) is 0 Å². The Morgan fingerprint density at radius 1 is 1.15 bits per heavy atom. The number of benzene rings is 1. The Labute approximate surface area is 151 Å². The fourth-order valence-electron chi connectivity index (χ4n) is 3.34. The third-order valence-electron chi connectivity index (χ3n) is 4.68. The first-order valence-electron chi connectivity index (χ1n) is 8.64. The number of methoxy groups -OCH3 is 1. The first-order chi connectivity index (χ1) is 12.7. The molecule has 134 valence electrons. The minimum absolute atomic E-state index is 0.378. The zero-order valence-electron chi connectivity index (χ0n) is 14.7. The van der Waals surface area contributed by atoms with Gasteiger partial charge in [-0.3, -0.25) is 14.3 Å². The fourth-order valence-corrected chi connectivity index (χ4v) is 3.34. The Hall–Kier alpha value is -2.93. The Morgan fingerprint density at radius 3 is 2.69 bits per heavy atom. The van der Waals surface area contributed by atoms with Crippen LogP contribution in [0.5, 0.6) is 0 Å². The molecule has 26 heavy (non-hydrogen) atoms. The summed E-state index contributed by atoms with van der Waals surface area (Å²) in [6.07, 6.45) is 3.78. The largest absolute Gasteiger partial charge is 0.464 e. The lowest BCUT2D eigenvalue weighted by atomic mass is 10.1. The molecular weight excluding hydrogens is 330 g/mol. The predicted octanol–water partition coefficient (Wildman–Crippen LogP) is 1.93. The summed E-state index contributed by atoms with van der Waals surface area (Å²) < 4.78 is 8.60. The third-order valence-corrected chi connectivity index (χ3v) is 4.68. The second-order valence-corrected chi connectivity index (χ2v) is 6.42. The first-order valence-corrected chi connectivity index (χ1v) is 8.64. The Balaban J connectivity index is 1.49. The molecule has 1 aliphatic rings. The molecule has 2 aromatic heterocycles. The van der Waals surface area contributed by atoms with Crippen LogP contribution < -0.4 is 0 Å². The van der Waals surface area contributed by atoms with E-state index in [2.05, 4.69) is 39.4 Å². The van der Waals surface area contributed by atoms with Gasteiger partial charge in [-0.15, -0.1) is 0 Å². The summed E-state index contributed by atoms with van der Waals surface area (Å²) in [6.45, 7) is 4.05. The maximum atomic E-state index is 11.7. The molecule has 0 amide bonds. The van der Waals surface area contributed by atoms with E-state index in [0.29, 0.717) is 5.69 Å². The van der Waals surface area contributed by atoms with Crippen molar-refractivity contribution >= 4 is 5.97 Å². The van der Waals surface area contributed by atoms with E-state index in [1.54, 1.807) is 6.20 Å². The van der Waals surface area contributed by atoms with Crippen LogP contribution in [-0.2, 0) is 30.9 Å². The summed E-state index contributed by atoms with van der Waals surface area (Å²) in [7, 11) is 1.38. The predicted molar refractivity (Wildman–Crippen MR) is 95.5 cm³/mol. The maximum Gasteiger partial charge on any atom is 0.358 e. The molecule has 3 aromatic rings. The summed E-state index contributed by atoms with van der Waals surface area (Å²) in [5.41, 5.74) is 3.99. The van der Waals surface area contributed by atoms with Gasteiger partial charge in [0.15, 0.2) is 5.69 Å². The van der Waals surface area contributed by atoms with Crippen molar-refractivity contribution in [2.24, 2.45) is 0 Å². The lowest BCUT2D eigenvalue weighted by Crippen LogP contribution is -2.33. The van der Waals surface area contributed by atoms with Crippen LogP contribution in [0.3, 0.4) is 0 Å². The van der Waals surface area contributed by atoms with E-state index >= 15 is 0 Å². The van der Waals surface area contributed by atoms with Crippen molar-refractivity contribution < 1.29 is 9.53 Å². The second-order valence-electron chi connectivity index (χ2n) is 6.42. The number of rotatable bonds is 5. The number of fused-ring (bicyclic) bond motifs is 1. The lowest BCUT2D eigenvalue weighted by Gasteiger charge is -2.28. The van der Waals surface area contributed by atoms with E-state index in [4.69, 9.17) is 4.74 Å². The van der Waals surface area contributed by atoms with Crippen LogP contribution in [0, 0.1) is 0 Å². The number of hydrogen-bond donors (Lipinski definition) is 0. The number of ether oxygens (including phenoxy) is 1. The van der Waals surface area contributed by atoms with Crippen LogP contribution in [0.1, 0.15) is 27.3 Å². The molecule has 0 saturated carbocycles. The molecule has 0 radical (unpaired) electrons. The molecule has 0 unspecified atom stereocenters. The SMILES string of the molecule is COC(=O)c1cc2n(n1)CCN(Cc1ccccc1Cn1cccn1)C2. The number of nitrogens with zero attached hydrogens (tertiary/aromatic N) is 5. The standard InChI is InChI=1S/C19H21N5O2/c1-26-19(25)18-11-17-14-22(9-10-24(17)21-18)12-15-5-2-3-6-16(15)13-23-8-4-7-20-23/h2-8,11H,9-10,12-14H2,1H3. The van der Waals surface area contributed by atoms with E-state index < -0.39 is 0 Å². The van der Waals surface area contributed by atoms with Gasteiger partial charge in [-0.1, -0.05) is 24.3 Å². The topological polar surface area (TPSA) is 65.2 Å². The van der Waals surface area contributed by atoms with Crippen LogP contribution >= 0.6 is 0 Å². The van der Waals surface area contributed by atoms with Crippen molar-refractivity contribution in [3.05, 3.63) is 71.3 Å². The Bertz CT molecular complexity index is 901. The zero-order chi connectivity index (χ0) is 17.9. The van der Waals surface area contributed by atoms with Crippen LogP contribution in [0.25, 0.3) is 0 Å². The highest BCUT2D eigenvalue weighted by Gasteiger charge is 2.21. The van der Waals surface area contributed by atoms with E-state index in [-0.39, 0.29) is 5.97 Å². The lowest BCUT2D eigenvalue weighted by molar-refractivity contribution is 0.0593. The number of carbonyl (C=O) groups excluding carboxylic acids is 1. The van der Waals surface area contributed by atoms with Crippen LogP contribution in [0.4, 0.5) is 0 Å². The third kappa shape index (κ3) is 3.39. The second kappa shape index (κ2) is 7.13. The summed E-state index contributed by atoms with van der Waals surface area (Å²) >= 11 is 0. The Kier molecular flexibility index (Phi) is 4.53. The van der Waals surface area contributed by atoms with Crippen molar-refractivity contribution in [1.82, 2.24) is 24.5 Å². The van der Waals surface area contributed by atoms with Gasteiger partial charge in [0.05, 0.1) is 25.9 Å². The number of hydrogen-bond acceptors (Lipinski definition) is 5. The normalized spacial score (nSPS) is 14.2. The van der Waals surface area contributed by atoms with E-state index in [1.165, 1.54) is 18.2 Å². The van der Waals surface area contributed by atoms with Gasteiger partial charge in [-0.2, -0.15) is 10.2 Å². The molecule has 4 rings (SSSR count). The van der Waals surface area contributed by atoms with Gasteiger partial charge >= 0.3 is 5.97 Å². The molecule has 3 heterocycles. The van der Waals surface area contributed by atoms with Gasteiger partial charge in [0.2, 0.25) is 0 Å². The van der Waals surface area contributed by atoms with E-state index in [9.17, 15) is 4.79 Å². The monoisotopic (exact) mass is 351 g/mol. The average Bonchev–Trinajstić information content (AvgIpc) is 3.32. The van der Waals surface area contributed by atoms with Crippen molar-refractivity contribution in [3.63, 3.8) is 0 Å². The molecular formula is C19H21N5O2. The summed E-state index contributed by atoms with van der Waals surface area (Å²) in [5.74, 6) is -0.386. The number of carbonyl (C=O) groups is 1. The van der Waals surface area contributed by atoms with Gasteiger partial charge in [0, 0.05) is 32.0 Å². The van der Waals surface area contributed by atoms with Gasteiger partial charge < -0.3 is 4.74 Å². The fraction of sp³-hybridized carbons (Fsp3) is 0.316. The average molecular weight is 351 g/mol.